The van der Waals surface area contributed by atoms with Crippen molar-refractivity contribution >= 4 is 27.8 Å². The molecule has 1 aromatic rings. The van der Waals surface area contributed by atoms with Crippen LogP contribution in [0.5, 0.6) is 0 Å². The molecule has 0 unspecified atom stereocenters. The fraction of sp³-hybridized carbons (Fsp3) is 0.467. The molecule has 0 heterocycles. The molecular weight excluding hydrogens is 322 g/mol. The van der Waals surface area contributed by atoms with Gasteiger partial charge in [0.25, 0.3) is 0 Å². The molecule has 1 amide bonds. The highest BCUT2D eigenvalue weighted by atomic mass is 79.9. The Morgan fingerprint density at radius 1 is 1.35 bits per heavy atom. The second kappa shape index (κ2) is 8.04. The van der Waals surface area contributed by atoms with Gasteiger partial charge in [-0.1, -0.05) is 41.9 Å². The Labute approximate surface area is 127 Å². The number of rotatable bonds is 7. The molecule has 5 heteroatoms. The van der Waals surface area contributed by atoms with Crippen LogP contribution in [0.2, 0.25) is 0 Å². The Balaban J connectivity index is 2.47. The molecule has 0 aliphatic carbocycles. The summed E-state index contributed by atoms with van der Waals surface area (Å²) in [7, 11) is 0. The zero-order valence-electron chi connectivity index (χ0n) is 11.7. The van der Waals surface area contributed by atoms with Gasteiger partial charge in [0, 0.05) is 10.9 Å². The van der Waals surface area contributed by atoms with Crippen molar-refractivity contribution in [3.63, 3.8) is 0 Å². The summed E-state index contributed by atoms with van der Waals surface area (Å²) in [5, 5.41) is 11.7. The van der Waals surface area contributed by atoms with E-state index in [0.29, 0.717) is 19.3 Å². The summed E-state index contributed by atoms with van der Waals surface area (Å²) < 4.78 is 0.971. The van der Waals surface area contributed by atoms with E-state index in [0.717, 1.165) is 10.0 Å². The summed E-state index contributed by atoms with van der Waals surface area (Å²) in [5.74, 6) is -0.978. The van der Waals surface area contributed by atoms with Crippen LogP contribution in [0.15, 0.2) is 28.7 Å². The van der Waals surface area contributed by atoms with E-state index in [4.69, 9.17) is 5.11 Å². The van der Waals surface area contributed by atoms with Crippen LogP contribution in [0.25, 0.3) is 0 Å². The highest BCUT2D eigenvalue weighted by Crippen LogP contribution is 2.13. The highest BCUT2D eigenvalue weighted by molar-refractivity contribution is 9.10. The number of amides is 1. The summed E-state index contributed by atoms with van der Waals surface area (Å²) in [6.07, 6.45) is 1.33. The van der Waals surface area contributed by atoms with Gasteiger partial charge < -0.3 is 10.4 Å². The lowest BCUT2D eigenvalue weighted by Crippen LogP contribution is -2.41. The van der Waals surface area contributed by atoms with Gasteiger partial charge in [-0.3, -0.25) is 4.79 Å². The van der Waals surface area contributed by atoms with E-state index in [1.807, 2.05) is 38.1 Å². The second-order valence-electron chi connectivity index (χ2n) is 5.22. The molecule has 0 aliphatic rings. The molecule has 1 atom stereocenters. The van der Waals surface area contributed by atoms with Crippen molar-refractivity contribution in [3.05, 3.63) is 34.3 Å². The minimum atomic E-state index is -0.977. The van der Waals surface area contributed by atoms with Crippen molar-refractivity contribution < 1.29 is 14.7 Å². The molecule has 0 aliphatic heterocycles. The molecule has 1 rings (SSSR count). The fourth-order valence-corrected chi connectivity index (χ4v) is 2.36. The van der Waals surface area contributed by atoms with E-state index in [1.165, 1.54) is 0 Å². The van der Waals surface area contributed by atoms with Gasteiger partial charge >= 0.3 is 5.97 Å². The quantitative estimate of drug-likeness (QED) is 0.801. The molecule has 0 spiro atoms. The monoisotopic (exact) mass is 341 g/mol. The third-order valence-corrected chi connectivity index (χ3v) is 3.36. The number of benzene rings is 1. The third kappa shape index (κ3) is 6.19. The maximum Gasteiger partial charge on any atom is 0.326 e. The van der Waals surface area contributed by atoms with Gasteiger partial charge in [-0.15, -0.1) is 0 Å². The van der Waals surface area contributed by atoms with E-state index in [1.54, 1.807) is 0 Å². The smallest absolute Gasteiger partial charge is 0.326 e. The molecule has 0 radical (unpaired) electrons. The summed E-state index contributed by atoms with van der Waals surface area (Å²) >= 11 is 3.38. The lowest BCUT2D eigenvalue weighted by Gasteiger charge is -2.16. The lowest BCUT2D eigenvalue weighted by molar-refractivity contribution is -0.142. The van der Waals surface area contributed by atoms with Crippen LogP contribution in [0, 0.1) is 5.92 Å². The largest absolute Gasteiger partial charge is 0.480 e. The Morgan fingerprint density at radius 2 is 2.05 bits per heavy atom. The van der Waals surface area contributed by atoms with Gasteiger partial charge in [0.05, 0.1) is 0 Å². The SMILES string of the molecule is CC(C)C[C@@H](NC(=O)CCc1cccc(Br)c1)C(=O)O. The van der Waals surface area contributed by atoms with Crippen LogP contribution in [0.4, 0.5) is 0 Å². The molecule has 110 valence electrons. The first-order valence-electron chi connectivity index (χ1n) is 6.65. The van der Waals surface area contributed by atoms with Crippen molar-refractivity contribution in [1.82, 2.24) is 5.32 Å². The standard InChI is InChI=1S/C15H20BrNO3/c1-10(2)8-13(15(19)20)17-14(18)7-6-11-4-3-5-12(16)9-11/h3-5,9-10,13H,6-8H2,1-2H3,(H,17,18)(H,19,20)/t13-/m1/s1. The molecular formula is C15H20BrNO3. The minimum absolute atomic E-state index is 0.224. The van der Waals surface area contributed by atoms with Crippen molar-refractivity contribution in [3.8, 4) is 0 Å². The molecule has 1 aromatic carbocycles. The van der Waals surface area contributed by atoms with Crippen LogP contribution >= 0.6 is 15.9 Å². The maximum absolute atomic E-state index is 11.8. The van der Waals surface area contributed by atoms with Gasteiger partial charge in [0.15, 0.2) is 0 Å². The molecule has 0 fully saturated rings. The number of carbonyl (C=O) groups is 2. The van der Waals surface area contributed by atoms with Crippen molar-refractivity contribution in [2.75, 3.05) is 0 Å². The first-order chi connectivity index (χ1) is 9.38. The molecule has 4 nitrogen and oxygen atoms in total. The predicted octanol–water partition coefficient (Wildman–Crippen LogP) is 3.00. The fourth-order valence-electron chi connectivity index (χ4n) is 1.91. The Hall–Kier alpha value is -1.36. The van der Waals surface area contributed by atoms with Crippen LogP contribution in [0.3, 0.4) is 0 Å². The average molecular weight is 342 g/mol. The zero-order valence-corrected chi connectivity index (χ0v) is 13.3. The molecule has 20 heavy (non-hydrogen) atoms. The number of aliphatic carboxylic acids is 1. The minimum Gasteiger partial charge on any atom is -0.480 e. The van der Waals surface area contributed by atoms with E-state index in [9.17, 15) is 9.59 Å². The first-order valence-corrected chi connectivity index (χ1v) is 7.44. The first kappa shape index (κ1) is 16.7. The predicted molar refractivity (Wildman–Crippen MR) is 81.5 cm³/mol. The molecule has 0 saturated heterocycles. The molecule has 0 aromatic heterocycles. The Bertz CT molecular complexity index is 474. The van der Waals surface area contributed by atoms with E-state index in [2.05, 4.69) is 21.2 Å². The van der Waals surface area contributed by atoms with Gasteiger partial charge in [-0.2, -0.15) is 0 Å². The van der Waals surface area contributed by atoms with Crippen molar-refractivity contribution in [1.29, 1.82) is 0 Å². The number of carboxylic acids is 1. The summed E-state index contributed by atoms with van der Waals surface area (Å²) in [4.78, 5) is 22.9. The van der Waals surface area contributed by atoms with Gasteiger partial charge in [0.2, 0.25) is 5.91 Å². The Kier molecular flexibility index (Phi) is 6.71. The number of carbonyl (C=O) groups excluding carboxylic acids is 1. The number of halogens is 1. The lowest BCUT2D eigenvalue weighted by atomic mass is 10.0. The van der Waals surface area contributed by atoms with Crippen LogP contribution < -0.4 is 5.32 Å². The normalized spacial score (nSPS) is 12.2. The van der Waals surface area contributed by atoms with E-state index >= 15 is 0 Å². The second-order valence-corrected chi connectivity index (χ2v) is 6.13. The molecule has 0 bridgehead atoms. The van der Waals surface area contributed by atoms with Crippen LogP contribution in [0.1, 0.15) is 32.3 Å². The number of carboxylic acid groups (broad SMARTS) is 1. The summed E-state index contributed by atoms with van der Waals surface area (Å²) in [6.45, 7) is 3.87. The summed E-state index contributed by atoms with van der Waals surface area (Å²) in [6, 6.07) is 6.93. The Morgan fingerprint density at radius 3 is 2.60 bits per heavy atom. The molecule has 2 N–H and O–H groups in total. The highest BCUT2D eigenvalue weighted by Gasteiger charge is 2.20. The topological polar surface area (TPSA) is 66.4 Å². The number of hydrogen-bond donors (Lipinski definition) is 2. The van der Waals surface area contributed by atoms with Crippen molar-refractivity contribution in [2.45, 2.75) is 39.2 Å². The van der Waals surface area contributed by atoms with E-state index in [-0.39, 0.29) is 11.8 Å². The van der Waals surface area contributed by atoms with Crippen molar-refractivity contribution in [2.24, 2.45) is 5.92 Å². The summed E-state index contributed by atoms with van der Waals surface area (Å²) in [5.41, 5.74) is 1.05. The maximum atomic E-state index is 11.8. The number of nitrogens with one attached hydrogen (secondary N) is 1. The average Bonchev–Trinajstić information content (AvgIpc) is 2.35. The van der Waals surface area contributed by atoms with Gasteiger partial charge in [-0.05, 0) is 36.5 Å². The third-order valence-electron chi connectivity index (χ3n) is 2.87. The van der Waals surface area contributed by atoms with Gasteiger partial charge in [-0.25, -0.2) is 4.79 Å². The van der Waals surface area contributed by atoms with E-state index < -0.39 is 12.0 Å². The molecule has 0 saturated carbocycles. The number of aryl methyl sites for hydroxylation is 1. The van der Waals surface area contributed by atoms with Crippen LogP contribution in [-0.2, 0) is 16.0 Å². The van der Waals surface area contributed by atoms with Crippen LogP contribution in [-0.4, -0.2) is 23.0 Å². The number of hydrogen-bond acceptors (Lipinski definition) is 2. The van der Waals surface area contributed by atoms with Gasteiger partial charge in [0.1, 0.15) is 6.04 Å². The zero-order chi connectivity index (χ0) is 15.1.